The highest BCUT2D eigenvalue weighted by Crippen LogP contribution is 2.27. The number of halogens is 1. The quantitative estimate of drug-likeness (QED) is 0.367. The first kappa shape index (κ1) is 18.1. The zero-order valence-corrected chi connectivity index (χ0v) is 14.7. The second-order valence-electron chi connectivity index (χ2n) is 6.03. The van der Waals surface area contributed by atoms with E-state index in [4.69, 9.17) is 4.42 Å². The molecule has 0 aliphatic carbocycles. The van der Waals surface area contributed by atoms with E-state index in [1.54, 1.807) is 18.2 Å². The van der Waals surface area contributed by atoms with Crippen LogP contribution >= 0.6 is 0 Å². The monoisotopic (exact) mass is 392 g/mol. The Hall–Kier alpha value is -4.27. The highest BCUT2D eigenvalue weighted by atomic mass is 19.1. The average Bonchev–Trinajstić information content (AvgIpc) is 3.15. The largest absolute Gasteiger partial charge is 0.508 e. The number of hydrogen-bond donors (Lipinski definition) is 2. The summed E-state index contributed by atoms with van der Waals surface area (Å²) in [5.41, 5.74) is 0.957. The van der Waals surface area contributed by atoms with Crippen molar-refractivity contribution in [2.45, 2.75) is 0 Å². The molecule has 0 saturated carbocycles. The van der Waals surface area contributed by atoms with E-state index in [0.717, 1.165) is 0 Å². The third-order valence-corrected chi connectivity index (χ3v) is 3.97. The minimum Gasteiger partial charge on any atom is -0.508 e. The molecule has 0 unspecified atom stereocenters. The van der Waals surface area contributed by atoms with Crippen LogP contribution < -0.4 is 5.32 Å². The summed E-state index contributed by atoms with van der Waals surface area (Å²) >= 11 is 0. The summed E-state index contributed by atoms with van der Waals surface area (Å²) in [7, 11) is 0. The summed E-state index contributed by atoms with van der Waals surface area (Å²) in [6.45, 7) is 0. The fourth-order valence-corrected chi connectivity index (χ4v) is 2.70. The fourth-order valence-electron chi connectivity index (χ4n) is 2.70. The first-order valence-corrected chi connectivity index (χ1v) is 8.43. The molecular formula is C20H13FN4O4. The Labute approximate surface area is 163 Å². The lowest BCUT2D eigenvalue weighted by Gasteiger charge is -2.10. The Morgan fingerprint density at radius 1 is 1.10 bits per heavy atom. The number of nitrogens with one attached hydrogen (secondary N) is 1. The molecule has 144 valence electrons. The van der Waals surface area contributed by atoms with Crippen molar-refractivity contribution in [2.24, 2.45) is 0 Å². The van der Waals surface area contributed by atoms with E-state index in [-0.39, 0.29) is 23.2 Å². The molecule has 2 aromatic carbocycles. The average molecular weight is 392 g/mol. The van der Waals surface area contributed by atoms with Crippen molar-refractivity contribution < 1.29 is 18.8 Å². The van der Waals surface area contributed by atoms with Gasteiger partial charge < -0.3 is 14.8 Å². The number of hydrogen-bond acceptors (Lipinski definition) is 7. The predicted octanol–water partition coefficient (Wildman–Crippen LogP) is 4.89. The van der Waals surface area contributed by atoms with Crippen LogP contribution in [0, 0.1) is 15.9 Å². The number of phenols is 1. The van der Waals surface area contributed by atoms with Gasteiger partial charge in [0.15, 0.2) is 5.82 Å². The van der Waals surface area contributed by atoms with Crippen molar-refractivity contribution in [3.8, 4) is 5.75 Å². The molecule has 2 N–H and O–H groups in total. The van der Waals surface area contributed by atoms with Gasteiger partial charge in [0.05, 0.1) is 11.6 Å². The molecule has 0 radical (unpaired) electrons. The van der Waals surface area contributed by atoms with E-state index in [0.29, 0.717) is 22.4 Å². The Morgan fingerprint density at radius 2 is 1.97 bits per heavy atom. The van der Waals surface area contributed by atoms with E-state index < -0.39 is 10.7 Å². The number of nitro groups is 1. The zero-order chi connectivity index (χ0) is 20.4. The number of benzene rings is 2. The normalized spacial score (nSPS) is 11.2. The molecule has 0 atom stereocenters. The van der Waals surface area contributed by atoms with Gasteiger partial charge in [0.1, 0.15) is 28.1 Å². The van der Waals surface area contributed by atoms with Crippen LogP contribution in [0.4, 0.5) is 21.8 Å². The smallest absolute Gasteiger partial charge is 0.433 e. The summed E-state index contributed by atoms with van der Waals surface area (Å²) in [5, 5.41) is 24.0. The van der Waals surface area contributed by atoms with Gasteiger partial charge in [-0.2, -0.15) is 0 Å². The van der Waals surface area contributed by atoms with E-state index in [2.05, 4.69) is 15.3 Å². The van der Waals surface area contributed by atoms with Crippen LogP contribution in [-0.4, -0.2) is 20.0 Å². The summed E-state index contributed by atoms with van der Waals surface area (Å²) in [5.74, 6) is 0.157. The molecule has 9 heteroatoms. The number of phenolic OH excluding ortho intramolecular Hbond substituents is 1. The molecule has 2 aromatic heterocycles. The molecule has 0 spiro atoms. The van der Waals surface area contributed by atoms with Gasteiger partial charge in [0, 0.05) is 23.2 Å². The van der Waals surface area contributed by atoms with Crippen LogP contribution in [0.25, 0.3) is 23.1 Å². The topological polar surface area (TPSA) is 114 Å². The molecule has 0 aliphatic heterocycles. The maximum atomic E-state index is 13.7. The number of aromatic nitrogens is 2. The molecule has 0 saturated heterocycles. The van der Waals surface area contributed by atoms with Gasteiger partial charge in [-0.1, -0.05) is 6.07 Å². The van der Waals surface area contributed by atoms with Crippen LogP contribution in [-0.2, 0) is 0 Å². The van der Waals surface area contributed by atoms with Gasteiger partial charge in [0.25, 0.3) is 0 Å². The van der Waals surface area contributed by atoms with Gasteiger partial charge in [-0.15, -0.1) is 0 Å². The minimum absolute atomic E-state index is 0.0824. The molecular weight excluding hydrogens is 379 g/mol. The summed E-state index contributed by atoms with van der Waals surface area (Å²) < 4.78 is 18.8. The molecule has 2 heterocycles. The molecule has 0 aliphatic rings. The Bertz CT molecular complexity index is 1250. The number of rotatable bonds is 5. The van der Waals surface area contributed by atoms with Crippen LogP contribution in [0.2, 0.25) is 0 Å². The third-order valence-electron chi connectivity index (χ3n) is 3.97. The van der Waals surface area contributed by atoms with Crippen LogP contribution in [0.3, 0.4) is 0 Å². The second kappa shape index (κ2) is 7.39. The molecule has 8 nitrogen and oxygen atoms in total. The van der Waals surface area contributed by atoms with Crippen LogP contribution in [0.15, 0.2) is 59.0 Å². The Balaban J connectivity index is 1.73. The second-order valence-corrected chi connectivity index (χ2v) is 6.03. The van der Waals surface area contributed by atoms with Crippen molar-refractivity contribution in [3.05, 3.63) is 82.1 Å². The molecule has 4 aromatic rings. The van der Waals surface area contributed by atoms with Crippen LogP contribution in [0.1, 0.15) is 11.6 Å². The molecule has 0 bridgehead atoms. The summed E-state index contributed by atoms with van der Waals surface area (Å²) in [6.07, 6.45) is 2.98. The lowest BCUT2D eigenvalue weighted by atomic mass is 10.2. The fraction of sp³-hybridized carbons (Fsp3) is 0. The number of furan rings is 1. The van der Waals surface area contributed by atoms with E-state index in [1.165, 1.54) is 48.6 Å². The predicted molar refractivity (Wildman–Crippen MR) is 105 cm³/mol. The minimum atomic E-state index is -0.635. The molecule has 0 amide bonds. The molecule has 29 heavy (non-hydrogen) atoms. The zero-order valence-electron chi connectivity index (χ0n) is 14.7. The van der Waals surface area contributed by atoms with E-state index in [1.807, 2.05) is 0 Å². The van der Waals surface area contributed by atoms with Gasteiger partial charge in [-0.25, -0.2) is 14.4 Å². The molecule has 0 fully saturated rings. The summed E-state index contributed by atoms with van der Waals surface area (Å²) in [6, 6.07) is 13.3. The van der Waals surface area contributed by atoms with Crippen molar-refractivity contribution in [2.75, 3.05) is 5.32 Å². The SMILES string of the molecule is O=[N+]([O-])c1ccc(C=Cc2nc(Nc3cccc(O)c3)c3ccc(F)cc3n2)o1. The van der Waals surface area contributed by atoms with Crippen LogP contribution in [0.5, 0.6) is 5.75 Å². The third kappa shape index (κ3) is 4.03. The lowest BCUT2D eigenvalue weighted by molar-refractivity contribution is -0.402. The Kier molecular flexibility index (Phi) is 4.62. The maximum absolute atomic E-state index is 13.7. The van der Waals surface area contributed by atoms with Crippen molar-refractivity contribution in [1.29, 1.82) is 0 Å². The number of aromatic hydroxyl groups is 1. The van der Waals surface area contributed by atoms with Crippen molar-refractivity contribution in [3.63, 3.8) is 0 Å². The first-order chi connectivity index (χ1) is 14.0. The lowest BCUT2D eigenvalue weighted by Crippen LogP contribution is -1.99. The highest BCUT2D eigenvalue weighted by molar-refractivity contribution is 5.91. The first-order valence-electron chi connectivity index (χ1n) is 8.43. The van der Waals surface area contributed by atoms with Gasteiger partial charge in [-0.3, -0.25) is 10.1 Å². The van der Waals surface area contributed by atoms with Gasteiger partial charge >= 0.3 is 5.88 Å². The van der Waals surface area contributed by atoms with Gasteiger partial charge in [0.2, 0.25) is 0 Å². The standard InChI is InChI=1S/C20H13FN4O4/c21-12-4-7-16-17(10-12)23-18(8-5-15-6-9-19(29-15)25(27)28)24-20(16)22-13-2-1-3-14(26)11-13/h1-11,26H,(H,22,23,24). The molecule has 4 rings (SSSR count). The highest BCUT2D eigenvalue weighted by Gasteiger charge is 2.11. The van der Waals surface area contributed by atoms with Crippen molar-refractivity contribution in [1.82, 2.24) is 9.97 Å². The number of anilines is 2. The number of fused-ring (bicyclic) bond motifs is 1. The van der Waals surface area contributed by atoms with E-state index >= 15 is 0 Å². The van der Waals surface area contributed by atoms with E-state index in [9.17, 15) is 19.6 Å². The summed E-state index contributed by atoms with van der Waals surface area (Å²) in [4.78, 5) is 18.8. The van der Waals surface area contributed by atoms with Gasteiger partial charge in [-0.05, 0) is 42.5 Å². The van der Waals surface area contributed by atoms with Crippen molar-refractivity contribution >= 4 is 40.4 Å². The Morgan fingerprint density at radius 3 is 2.72 bits per heavy atom. The maximum Gasteiger partial charge on any atom is 0.433 e. The number of nitrogens with zero attached hydrogens (tertiary/aromatic N) is 3.